The molecule has 0 amide bonds. The van der Waals surface area contributed by atoms with Crippen LogP contribution in [-0.4, -0.2) is 71.0 Å². The number of hydrogen-bond donors (Lipinski definition) is 4. The molecule has 0 aromatic heterocycles. The van der Waals surface area contributed by atoms with Gasteiger partial charge in [0.1, 0.15) is 25.4 Å². The van der Waals surface area contributed by atoms with Crippen LogP contribution in [-0.2, 0) is 19.1 Å². The molecule has 0 aliphatic rings. The van der Waals surface area contributed by atoms with Crippen LogP contribution in [0.1, 0.15) is 117 Å². The summed E-state index contributed by atoms with van der Waals surface area (Å²) in [6.07, 6.45) is 15.2. The van der Waals surface area contributed by atoms with E-state index in [-0.39, 0.29) is 38.4 Å². The normalized spacial score (nSPS) is 12.4. The zero-order chi connectivity index (χ0) is 25.9. The molecular weight excluding hydrogens is 440 g/mol. The highest BCUT2D eigenvalue weighted by Gasteiger charge is 2.08. The van der Waals surface area contributed by atoms with Crippen molar-refractivity contribution in [3.8, 4) is 0 Å². The number of aliphatic hydroxyl groups excluding tert-OH is 4. The summed E-state index contributed by atoms with van der Waals surface area (Å²) in [6, 6.07) is 0. The first-order valence-corrected chi connectivity index (χ1v) is 13.3. The zero-order valence-corrected chi connectivity index (χ0v) is 21.7. The highest BCUT2D eigenvalue weighted by molar-refractivity contribution is 5.69. The van der Waals surface area contributed by atoms with Crippen LogP contribution >= 0.6 is 0 Å². The predicted octanol–water partition coefficient (Wildman–Crippen LogP) is 4.05. The molecule has 0 aromatic rings. The molecule has 0 rings (SSSR count). The van der Waals surface area contributed by atoms with E-state index in [0.717, 1.165) is 25.7 Å². The van der Waals surface area contributed by atoms with Crippen molar-refractivity contribution in [2.45, 2.75) is 129 Å². The van der Waals surface area contributed by atoms with Gasteiger partial charge in [-0.05, 0) is 12.8 Å². The molecule has 8 nitrogen and oxygen atoms in total. The maximum atomic E-state index is 11.2. The SMILES string of the molecule is CCCCCCCCCC(=O)OCC(O)CO.CCCCCCCCCC(=O)OCC(O)CO. The van der Waals surface area contributed by atoms with Crippen LogP contribution < -0.4 is 0 Å². The van der Waals surface area contributed by atoms with Crippen LogP contribution in [0.25, 0.3) is 0 Å². The van der Waals surface area contributed by atoms with E-state index in [4.69, 9.17) is 29.9 Å². The van der Waals surface area contributed by atoms with E-state index in [1.807, 2.05) is 0 Å². The Morgan fingerprint density at radius 2 is 0.853 bits per heavy atom. The van der Waals surface area contributed by atoms with Gasteiger partial charge in [-0.15, -0.1) is 0 Å². The number of rotatable bonds is 22. The molecule has 0 aliphatic carbocycles. The Kier molecular flexibility index (Phi) is 28.8. The largest absolute Gasteiger partial charge is 0.463 e. The second-order valence-corrected chi connectivity index (χ2v) is 8.78. The fourth-order valence-corrected chi connectivity index (χ4v) is 3.08. The van der Waals surface area contributed by atoms with E-state index in [0.29, 0.717) is 12.8 Å². The monoisotopic (exact) mass is 492 g/mol. The highest BCUT2D eigenvalue weighted by Crippen LogP contribution is 2.09. The lowest BCUT2D eigenvalue weighted by atomic mass is 10.1. The topological polar surface area (TPSA) is 134 Å². The van der Waals surface area contributed by atoms with Crippen LogP contribution in [0.15, 0.2) is 0 Å². The highest BCUT2D eigenvalue weighted by atomic mass is 16.5. The smallest absolute Gasteiger partial charge is 0.305 e. The van der Waals surface area contributed by atoms with Crippen LogP contribution in [0.3, 0.4) is 0 Å². The minimum Gasteiger partial charge on any atom is -0.463 e. The van der Waals surface area contributed by atoms with Crippen LogP contribution in [0.2, 0.25) is 0 Å². The molecular formula is C26H52O8. The Bertz CT molecular complexity index is 405. The molecule has 0 fully saturated rings. The third-order valence-corrected chi connectivity index (χ3v) is 5.26. The third kappa shape index (κ3) is 28.8. The minimum atomic E-state index is -0.951. The second kappa shape index (κ2) is 28.0. The molecule has 0 aromatic carbocycles. The molecule has 0 aliphatic heterocycles. The molecule has 2 atom stereocenters. The van der Waals surface area contributed by atoms with E-state index in [9.17, 15) is 9.59 Å². The van der Waals surface area contributed by atoms with Crippen molar-refractivity contribution < 1.29 is 39.5 Å². The predicted molar refractivity (Wildman–Crippen MR) is 133 cm³/mol. The summed E-state index contributed by atoms with van der Waals surface area (Å²) in [7, 11) is 0. The summed E-state index contributed by atoms with van der Waals surface area (Å²) < 4.78 is 9.58. The van der Waals surface area contributed by atoms with Crippen molar-refractivity contribution in [1.29, 1.82) is 0 Å². The molecule has 0 bridgehead atoms. The second-order valence-electron chi connectivity index (χ2n) is 8.78. The van der Waals surface area contributed by atoms with Crippen molar-refractivity contribution >= 4 is 11.9 Å². The van der Waals surface area contributed by atoms with Gasteiger partial charge in [-0.25, -0.2) is 0 Å². The maximum Gasteiger partial charge on any atom is 0.305 e. The van der Waals surface area contributed by atoms with Gasteiger partial charge in [0.05, 0.1) is 13.2 Å². The lowest BCUT2D eigenvalue weighted by Crippen LogP contribution is -2.21. The Morgan fingerprint density at radius 1 is 0.559 bits per heavy atom. The first-order chi connectivity index (χ1) is 16.4. The van der Waals surface area contributed by atoms with Crippen LogP contribution in [0.5, 0.6) is 0 Å². The quantitative estimate of drug-likeness (QED) is 0.131. The zero-order valence-electron chi connectivity index (χ0n) is 21.7. The van der Waals surface area contributed by atoms with E-state index >= 15 is 0 Å². The van der Waals surface area contributed by atoms with Gasteiger partial charge in [0, 0.05) is 12.8 Å². The first-order valence-electron chi connectivity index (χ1n) is 13.3. The van der Waals surface area contributed by atoms with Crippen molar-refractivity contribution in [2.75, 3.05) is 26.4 Å². The van der Waals surface area contributed by atoms with Crippen molar-refractivity contribution in [3.63, 3.8) is 0 Å². The molecule has 0 saturated carbocycles. The number of unbranched alkanes of at least 4 members (excludes halogenated alkanes) is 12. The lowest BCUT2D eigenvalue weighted by molar-refractivity contribution is -0.148. The summed E-state index contributed by atoms with van der Waals surface area (Å²) in [4.78, 5) is 22.4. The number of carbonyl (C=O) groups is 2. The summed E-state index contributed by atoms with van der Waals surface area (Å²) >= 11 is 0. The molecule has 2 unspecified atom stereocenters. The summed E-state index contributed by atoms with van der Waals surface area (Å²) in [5.74, 6) is -0.572. The number of carbonyl (C=O) groups excluding carboxylic acids is 2. The molecule has 0 saturated heterocycles. The molecule has 0 radical (unpaired) electrons. The standard InChI is InChI=1S/2C13H26O4/c2*1-2-3-4-5-6-7-8-9-13(16)17-11-12(15)10-14/h2*12,14-15H,2-11H2,1H3. The van der Waals surface area contributed by atoms with Crippen molar-refractivity contribution in [3.05, 3.63) is 0 Å². The Morgan fingerprint density at radius 3 is 1.15 bits per heavy atom. The molecule has 34 heavy (non-hydrogen) atoms. The van der Waals surface area contributed by atoms with Crippen molar-refractivity contribution in [2.24, 2.45) is 0 Å². The van der Waals surface area contributed by atoms with E-state index in [1.165, 1.54) is 64.2 Å². The van der Waals surface area contributed by atoms with Crippen LogP contribution in [0, 0.1) is 0 Å². The molecule has 204 valence electrons. The Balaban J connectivity index is 0. The Hall–Kier alpha value is -1.22. The third-order valence-electron chi connectivity index (χ3n) is 5.26. The number of hydrogen-bond acceptors (Lipinski definition) is 8. The first kappa shape index (κ1) is 34.9. The van der Waals surface area contributed by atoms with Gasteiger partial charge in [-0.2, -0.15) is 0 Å². The van der Waals surface area contributed by atoms with Crippen LogP contribution in [0.4, 0.5) is 0 Å². The summed E-state index contributed by atoms with van der Waals surface area (Å²) in [6.45, 7) is 3.43. The lowest BCUT2D eigenvalue weighted by Gasteiger charge is -2.08. The maximum absolute atomic E-state index is 11.2. The van der Waals surface area contributed by atoms with Crippen molar-refractivity contribution in [1.82, 2.24) is 0 Å². The number of aliphatic hydroxyl groups is 4. The molecule has 0 heterocycles. The fourth-order valence-electron chi connectivity index (χ4n) is 3.08. The van der Waals surface area contributed by atoms with E-state index in [1.54, 1.807) is 0 Å². The van der Waals surface area contributed by atoms with Gasteiger partial charge in [0.15, 0.2) is 0 Å². The average Bonchev–Trinajstić information content (AvgIpc) is 2.84. The summed E-state index contributed by atoms with van der Waals surface area (Å²) in [5.41, 5.74) is 0. The molecule has 0 spiro atoms. The average molecular weight is 493 g/mol. The van der Waals surface area contributed by atoms with E-state index in [2.05, 4.69) is 13.8 Å². The van der Waals surface area contributed by atoms with Gasteiger partial charge in [0.25, 0.3) is 0 Å². The number of esters is 2. The minimum absolute atomic E-state index is 0.105. The fraction of sp³-hybridized carbons (Fsp3) is 0.923. The van der Waals surface area contributed by atoms with Gasteiger partial charge < -0.3 is 29.9 Å². The number of ether oxygens (including phenoxy) is 2. The van der Waals surface area contributed by atoms with Gasteiger partial charge in [-0.3, -0.25) is 9.59 Å². The van der Waals surface area contributed by atoms with Gasteiger partial charge in [0.2, 0.25) is 0 Å². The Labute approximate surface area is 207 Å². The molecule has 8 heteroatoms. The van der Waals surface area contributed by atoms with Gasteiger partial charge >= 0.3 is 11.9 Å². The van der Waals surface area contributed by atoms with E-state index < -0.39 is 12.2 Å². The van der Waals surface area contributed by atoms with Gasteiger partial charge in [-0.1, -0.05) is 90.9 Å². The summed E-state index contributed by atoms with van der Waals surface area (Å²) in [5, 5.41) is 35.0. The molecule has 4 N–H and O–H groups in total.